The fourth-order valence-corrected chi connectivity index (χ4v) is 2.27. The average molecular weight is 353 g/mol. The molecular formula is C19H19N3O4. The molecule has 0 atom stereocenters. The summed E-state index contributed by atoms with van der Waals surface area (Å²) >= 11 is 0. The Morgan fingerprint density at radius 1 is 1.04 bits per heavy atom. The first-order valence-corrected chi connectivity index (χ1v) is 8.16. The highest BCUT2D eigenvalue weighted by molar-refractivity contribution is 5.89. The Bertz CT molecular complexity index is 832. The zero-order chi connectivity index (χ0) is 18.2. The van der Waals surface area contributed by atoms with Crippen LogP contribution in [0.5, 0.6) is 11.5 Å². The van der Waals surface area contributed by atoms with Gasteiger partial charge < -0.3 is 19.2 Å². The summed E-state index contributed by atoms with van der Waals surface area (Å²) in [4.78, 5) is 12.0. The van der Waals surface area contributed by atoms with Crippen molar-refractivity contribution in [3.8, 4) is 11.5 Å². The number of benzene rings is 2. The third kappa shape index (κ3) is 4.83. The van der Waals surface area contributed by atoms with E-state index >= 15 is 0 Å². The van der Waals surface area contributed by atoms with E-state index in [0.29, 0.717) is 31.2 Å². The summed E-state index contributed by atoms with van der Waals surface area (Å²) in [6, 6.07) is 16.9. The van der Waals surface area contributed by atoms with Crippen molar-refractivity contribution in [1.29, 1.82) is 0 Å². The first kappa shape index (κ1) is 17.5. The summed E-state index contributed by atoms with van der Waals surface area (Å²) in [5, 5.41) is 10.4. The Labute approximate surface area is 151 Å². The van der Waals surface area contributed by atoms with Gasteiger partial charge in [0.25, 0.3) is 0 Å². The molecule has 0 aliphatic heterocycles. The van der Waals surface area contributed by atoms with E-state index in [4.69, 9.17) is 13.9 Å². The number of nitrogens with zero attached hydrogens (tertiary/aromatic N) is 2. The number of methoxy groups -OCH3 is 1. The van der Waals surface area contributed by atoms with Gasteiger partial charge in [-0.15, -0.1) is 10.2 Å². The molecule has 0 saturated heterocycles. The third-order valence-corrected chi connectivity index (χ3v) is 3.58. The van der Waals surface area contributed by atoms with Gasteiger partial charge in [0.2, 0.25) is 5.89 Å². The van der Waals surface area contributed by atoms with E-state index in [2.05, 4.69) is 15.5 Å². The molecule has 0 aliphatic carbocycles. The molecule has 26 heavy (non-hydrogen) atoms. The number of hydrogen-bond donors (Lipinski definition) is 1. The van der Waals surface area contributed by atoms with E-state index in [0.717, 1.165) is 11.3 Å². The summed E-state index contributed by atoms with van der Waals surface area (Å²) in [6.07, 6.45) is 0.488. The van der Waals surface area contributed by atoms with Crippen LogP contribution < -0.4 is 14.8 Å². The highest BCUT2D eigenvalue weighted by atomic mass is 16.5. The molecule has 0 unspecified atom stereocenters. The van der Waals surface area contributed by atoms with Crippen LogP contribution >= 0.6 is 0 Å². The smallest absolute Gasteiger partial charge is 0.308 e. The lowest BCUT2D eigenvalue weighted by Crippen LogP contribution is -2.28. The molecule has 0 spiro atoms. The number of carbonyl (C=O) groups is 1. The first-order valence-electron chi connectivity index (χ1n) is 8.16. The van der Waals surface area contributed by atoms with Gasteiger partial charge in [-0.05, 0) is 29.8 Å². The molecule has 1 aromatic heterocycles. The van der Waals surface area contributed by atoms with Crippen molar-refractivity contribution in [2.45, 2.75) is 6.42 Å². The second-order valence-corrected chi connectivity index (χ2v) is 5.44. The minimum Gasteiger partial charge on any atom is -0.497 e. The van der Waals surface area contributed by atoms with Crippen LogP contribution in [-0.4, -0.2) is 36.4 Å². The van der Waals surface area contributed by atoms with Crippen molar-refractivity contribution in [2.24, 2.45) is 0 Å². The van der Waals surface area contributed by atoms with Gasteiger partial charge in [0.15, 0.2) is 0 Å². The SMILES string of the molecule is COc1ccc(OCCNC(=O)c2nnc(Cc3ccccc3)o2)cc1. The molecule has 1 amide bonds. The predicted octanol–water partition coefficient (Wildman–Crippen LogP) is 2.48. The maximum atomic E-state index is 12.0. The highest BCUT2D eigenvalue weighted by Crippen LogP contribution is 2.16. The lowest BCUT2D eigenvalue weighted by molar-refractivity contribution is 0.0910. The van der Waals surface area contributed by atoms with Crippen LogP contribution in [0.4, 0.5) is 0 Å². The minimum absolute atomic E-state index is 0.0552. The molecule has 134 valence electrons. The number of hydrogen-bond acceptors (Lipinski definition) is 6. The van der Waals surface area contributed by atoms with Crippen molar-refractivity contribution in [1.82, 2.24) is 15.5 Å². The van der Waals surface area contributed by atoms with Crippen molar-refractivity contribution in [2.75, 3.05) is 20.3 Å². The van der Waals surface area contributed by atoms with Gasteiger partial charge in [0.05, 0.1) is 20.1 Å². The largest absolute Gasteiger partial charge is 0.497 e. The molecule has 0 saturated carbocycles. The van der Waals surface area contributed by atoms with Gasteiger partial charge >= 0.3 is 11.8 Å². The van der Waals surface area contributed by atoms with Crippen LogP contribution in [0.3, 0.4) is 0 Å². The molecular weight excluding hydrogens is 334 g/mol. The van der Waals surface area contributed by atoms with E-state index in [9.17, 15) is 4.79 Å². The number of carbonyl (C=O) groups excluding carboxylic acids is 1. The molecule has 7 heteroatoms. The second kappa shape index (κ2) is 8.66. The summed E-state index contributed by atoms with van der Waals surface area (Å²) < 4.78 is 16.0. The van der Waals surface area contributed by atoms with Crippen LogP contribution in [0.1, 0.15) is 22.1 Å². The van der Waals surface area contributed by atoms with Crippen LogP contribution in [0.2, 0.25) is 0 Å². The highest BCUT2D eigenvalue weighted by Gasteiger charge is 2.14. The van der Waals surface area contributed by atoms with E-state index < -0.39 is 5.91 Å². The van der Waals surface area contributed by atoms with E-state index in [-0.39, 0.29) is 5.89 Å². The molecule has 3 rings (SSSR count). The fourth-order valence-electron chi connectivity index (χ4n) is 2.27. The molecule has 0 fully saturated rings. The van der Waals surface area contributed by atoms with Gasteiger partial charge in [-0.3, -0.25) is 4.79 Å². The zero-order valence-corrected chi connectivity index (χ0v) is 14.3. The Kier molecular flexibility index (Phi) is 5.82. The maximum absolute atomic E-state index is 12.0. The number of nitrogens with one attached hydrogen (secondary N) is 1. The Morgan fingerprint density at radius 3 is 2.50 bits per heavy atom. The normalized spacial score (nSPS) is 10.3. The van der Waals surface area contributed by atoms with Gasteiger partial charge in [-0.1, -0.05) is 30.3 Å². The molecule has 0 aliphatic rings. The van der Waals surface area contributed by atoms with Crippen molar-refractivity contribution in [3.63, 3.8) is 0 Å². The monoisotopic (exact) mass is 353 g/mol. The number of rotatable bonds is 8. The zero-order valence-electron chi connectivity index (χ0n) is 14.3. The number of aromatic nitrogens is 2. The predicted molar refractivity (Wildman–Crippen MR) is 94.4 cm³/mol. The van der Waals surface area contributed by atoms with E-state index in [1.807, 2.05) is 30.3 Å². The second-order valence-electron chi connectivity index (χ2n) is 5.44. The molecule has 0 radical (unpaired) electrons. The molecule has 7 nitrogen and oxygen atoms in total. The molecule has 2 aromatic carbocycles. The van der Waals surface area contributed by atoms with Crippen molar-refractivity contribution >= 4 is 5.91 Å². The van der Waals surface area contributed by atoms with Gasteiger partial charge in [-0.2, -0.15) is 0 Å². The van der Waals surface area contributed by atoms with Gasteiger partial charge in [0.1, 0.15) is 18.1 Å². The van der Waals surface area contributed by atoms with Crippen LogP contribution in [0, 0.1) is 0 Å². The van der Waals surface area contributed by atoms with E-state index in [1.54, 1.807) is 31.4 Å². The Hall–Kier alpha value is -3.35. The summed E-state index contributed by atoms with van der Waals surface area (Å²) in [6.45, 7) is 0.643. The fraction of sp³-hybridized carbons (Fsp3) is 0.211. The summed E-state index contributed by atoms with van der Waals surface area (Å²) in [5.74, 6) is 1.38. The number of ether oxygens (including phenoxy) is 2. The third-order valence-electron chi connectivity index (χ3n) is 3.58. The standard InChI is InChI=1S/C19H19N3O4/c1-24-15-7-9-16(10-8-15)25-12-11-20-18(23)19-22-21-17(26-19)13-14-5-3-2-4-6-14/h2-10H,11-13H2,1H3,(H,20,23). The van der Waals surface area contributed by atoms with Gasteiger partial charge in [-0.25, -0.2) is 0 Å². The number of amides is 1. The van der Waals surface area contributed by atoms with Crippen molar-refractivity contribution < 1.29 is 18.7 Å². The minimum atomic E-state index is -0.421. The van der Waals surface area contributed by atoms with Crippen LogP contribution in [-0.2, 0) is 6.42 Å². The van der Waals surface area contributed by atoms with E-state index in [1.165, 1.54) is 0 Å². The van der Waals surface area contributed by atoms with Crippen LogP contribution in [0.15, 0.2) is 59.0 Å². The maximum Gasteiger partial charge on any atom is 0.308 e. The Balaban J connectivity index is 1.43. The average Bonchev–Trinajstić information content (AvgIpc) is 3.15. The lowest BCUT2D eigenvalue weighted by atomic mass is 10.2. The first-order chi connectivity index (χ1) is 12.7. The summed E-state index contributed by atoms with van der Waals surface area (Å²) in [5.41, 5.74) is 1.04. The molecule has 3 aromatic rings. The van der Waals surface area contributed by atoms with Crippen molar-refractivity contribution in [3.05, 3.63) is 71.9 Å². The lowest BCUT2D eigenvalue weighted by Gasteiger charge is -2.07. The molecule has 1 heterocycles. The van der Waals surface area contributed by atoms with Gasteiger partial charge in [0, 0.05) is 0 Å². The Morgan fingerprint density at radius 2 is 1.77 bits per heavy atom. The quantitative estimate of drug-likeness (QED) is 0.626. The molecule has 1 N–H and O–H groups in total. The van der Waals surface area contributed by atoms with Crippen LogP contribution in [0.25, 0.3) is 0 Å². The molecule has 0 bridgehead atoms. The topological polar surface area (TPSA) is 86.5 Å². The summed E-state index contributed by atoms with van der Waals surface area (Å²) in [7, 11) is 1.61.